The molecule has 0 bridgehead atoms. The predicted octanol–water partition coefficient (Wildman–Crippen LogP) is -1.59. The Hall–Kier alpha value is -1.87. The van der Waals surface area contributed by atoms with Crippen molar-refractivity contribution in [2.45, 2.75) is 18.6 Å². The topological polar surface area (TPSA) is 125 Å². The van der Waals surface area contributed by atoms with Gasteiger partial charge < -0.3 is 29.9 Å². The maximum absolute atomic E-state index is 11.8. The number of hydrogen-bond acceptors (Lipinski definition) is 6. The molecule has 0 spiro atoms. The molecule has 1 aliphatic heterocycles. The first-order valence-corrected chi connectivity index (χ1v) is 6.05. The number of aliphatic carboxylic acids is 1. The summed E-state index contributed by atoms with van der Waals surface area (Å²) >= 11 is 0. The Kier molecular flexibility index (Phi) is 6.19. The number of hydrogen-bond donors (Lipinski definition) is 3. The van der Waals surface area contributed by atoms with Crippen LogP contribution in [0.15, 0.2) is 0 Å². The lowest BCUT2D eigenvalue weighted by molar-refractivity contribution is -0.145. The van der Waals surface area contributed by atoms with Crippen LogP contribution >= 0.6 is 0 Å². The molecule has 1 rings (SSSR count). The van der Waals surface area contributed by atoms with Gasteiger partial charge in [0.2, 0.25) is 0 Å². The number of nitrogens with zero attached hydrogens (tertiary/aromatic N) is 1. The molecule has 2 unspecified atom stereocenters. The highest BCUT2D eigenvalue weighted by Crippen LogP contribution is 2.09. The molecule has 1 aliphatic rings. The minimum Gasteiger partial charge on any atom is -0.480 e. The number of nitrogens with one attached hydrogen (secondary N) is 1. The number of amides is 2. The molecular weight excluding hydrogens is 272 g/mol. The molecule has 2 amide bonds. The molecule has 9 heteroatoms. The minimum absolute atomic E-state index is 0.0165. The highest BCUT2D eigenvalue weighted by Gasteiger charge is 2.28. The fourth-order valence-electron chi connectivity index (χ4n) is 1.72. The van der Waals surface area contributed by atoms with Crippen LogP contribution in [0.2, 0.25) is 0 Å². The third-order valence-corrected chi connectivity index (χ3v) is 2.83. The van der Waals surface area contributed by atoms with E-state index in [1.165, 1.54) is 12.0 Å². The van der Waals surface area contributed by atoms with Gasteiger partial charge in [-0.3, -0.25) is 4.79 Å². The van der Waals surface area contributed by atoms with Gasteiger partial charge in [-0.05, 0) is 0 Å². The van der Waals surface area contributed by atoms with E-state index in [1.807, 2.05) is 0 Å². The molecule has 1 heterocycles. The number of esters is 1. The van der Waals surface area contributed by atoms with Crippen LogP contribution in [0.25, 0.3) is 0 Å². The zero-order valence-electron chi connectivity index (χ0n) is 11.1. The van der Waals surface area contributed by atoms with Gasteiger partial charge >= 0.3 is 18.0 Å². The number of carboxylic acids is 1. The Labute approximate surface area is 115 Å². The number of morpholine rings is 1. The largest absolute Gasteiger partial charge is 0.480 e. The van der Waals surface area contributed by atoms with Crippen molar-refractivity contribution in [1.29, 1.82) is 0 Å². The molecular formula is C11H18N2O7. The summed E-state index contributed by atoms with van der Waals surface area (Å²) in [6.45, 7) is -0.0249. The average molecular weight is 290 g/mol. The lowest BCUT2D eigenvalue weighted by atomic mass is 10.2. The van der Waals surface area contributed by atoms with Crippen molar-refractivity contribution in [1.82, 2.24) is 10.2 Å². The van der Waals surface area contributed by atoms with Crippen molar-refractivity contribution < 1.29 is 34.1 Å². The highest BCUT2D eigenvalue weighted by atomic mass is 16.5. The third kappa shape index (κ3) is 4.67. The number of ether oxygens (including phenoxy) is 2. The Balaban J connectivity index is 2.51. The standard InChI is InChI=1S/C11H18N2O7/c1-19-9(15)4-7-5-13(2-3-20-7)11(18)12-8(6-14)10(16)17/h7-8,14H,2-6H2,1H3,(H,12,18)(H,16,17). The molecule has 2 atom stereocenters. The van der Waals surface area contributed by atoms with E-state index < -0.39 is 36.7 Å². The fourth-order valence-corrected chi connectivity index (χ4v) is 1.72. The number of aliphatic hydroxyl groups excluding tert-OH is 1. The summed E-state index contributed by atoms with van der Waals surface area (Å²) in [4.78, 5) is 35.0. The van der Waals surface area contributed by atoms with Gasteiger partial charge in [-0.2, -0.15) is 0 Å². The molecule has 0 aromatic rings. The van der Waals surface area contributed by atoms with Crippen molar-refractivity contribution >= 4 is 18.0 Å². The first-order chi connectivity index (χ1) is 9.47. The molecule has 0 saturated carbocycles. The second-order valence-electron chi connectivity index (χ2n) is 4.24. The van der Waals surface area contributed by atoms with E-state index in [-0.39, 0.29) is 26.1 Å². The monoisotopic (exact) mass is 290 g/mol. The molecule has 0 aromatic heterocycles. The van der Waals surface area contributed by atoms with E-state index in [4.69, 9.17) is 14.9 Å². The second-order valence-corrected chi connectivity index (χ2v) is 4.24. The third-order valence-electron chi connectivity index (χ3n) is 2.83. The summed E-state index contributed by atoms with van der Waals surface area (Å²) in [7, 11) is 1.26. The van der Waals surface area contributed by atoms with Crippen LogP contribution in [-0.2, 0) is 19.1 Å². The molecule has 0 aromatic carbocycles. The number of carbonyl (C=O) groups is 3. The summed E-state index contributed by atoms with van der Waals surface area (Å²) in [6, 6.07) is -1.98. The van der Waals surface area contributed by atoms with E-state index >= 15 is 0 Å². The van der Waals surface area contributed by atoms with E-state index in [1.54, 1.807) is 0 Å². The lowest BCUT2D eigenvalue weighted by Crippen LogP contribution is -2.54. The number of methoxy groups -OCH3 is 1. The highest BCUT2D eigenvalue weighted by molar-refractivity contribution is 5.82. The van der Waals surface area contributed by atoms with Crippen LogP contribution in [-0.4, -0.2) is 78.6 Å². The van der Waals surface area contributed by atoms with Gasteiger partial charge in [0.25, 0.3) is 0 Å². The van der Waals surface area contributed by atoms with Crippen molar-refractivity contribution in [3.05, 3.63) is 0 Å². The number of urea groups is 1. The molecule has 114 valence electrons. The van der Waals surface area contributed by atoms with Crippen LogP contribution in [0.1, 0.15) is 6.42 Å². The molecule has 20 heavy (non-hydrogen) atoms. The van der Waals surface area contributed by atoms with E-state index in [9.17, 15) is 14.4 Å². The van der Waals surface area contributed by atoms with Crippen molar-refractivity contribution in [3.63, 3.8) is 0 Å². The van der Waals surface area contributed by atoms with Gasteiger partial charge in [-0.15, -0.1) is 0 Å². The summed E-state index contributed by atoms with van der Waals surface area (Å²) in [6.07, 6.45) is -0.470. The maximum Gasteiger partial charge on any atom is 0.328 e. The maximum atomic E-state index is 11.8. The lowest BCUT2D eigenvalue weighted by Gasteiger charge is -2.33. The molecule has 0 aliphatic carbocycles. The normalized spacial score (nSPS) is 20.1. The summed E-state index contributed by atoms with van der Waals surface area (Å²) in [5.41, 5.74) is 0. The van der Waals surface area contributed by atoms with Crippen LogP contribution in [0.3, 0.4) is 0 Å². The van der Waals surface area contributed by atoms with Gasteiger partial charge in [0.05, 0.1) is 32.8 Å². The summed E-state index contributed by atoms with van der Waals surface area (Å²) in [5, 5.41) is 19.8. The Morgan fingerprint density at radius 3 is 2.75 bits per heavy atom. The van der Waals surface area contributed by atoms with Crippen molar-refractivity contribution in [2.75, 3.05) is 33.4 Å². The van der Waals surface area contributed by atoms with Crippen LogP contribution in [0.5, 0.6) is 0 Å². The van der Waals surface area contributed by atoms with E-state index in [2.05, 4.69) is 10.1 Å². The van der Waals surface area contributed by atoms with Crippen LogP contribution in [0.4, 0.5) is 4.79 Å². The molecule has 0 radical (unpaired) electrons. The van der Waals surface area contributed by atoms with Crippen molar-refractivity contribution in [2.24, 2.45) is 0 Å². The van der Waals surface area contributed by atoms with Gasteiger partial charge in [0.1, 0.15) is 0 Å². The Bertz CT molecular complexity index is 374. The molecule has 1 saturated heterocycles. The van der Waals surface area contributed by atoms with Gasteiger partial charge in [0.15, 0.2) is 6.04 Å². The zero-order chi connectivity index (χ0) is 15.1. The summed E-state index contributed by atoms with van der Waals surface area (Å²) in [5.74, 6) is -1.77. The minimum atomic E-state index is -1.36. The first kappa shape index (κ1) is 16.2. The van der Waals surface area contributed by atoms with E-state index in [0.29, 0.717) is 0 Å². The number of aliphatic hydroxyl groups is 1. The van der Waals surface area contributed by atoms with Gasteiger partial charge in [0, 0.05) is 13.1 Å². The first-order valence-electron chi connectivity index (χ1n) is 6.05. The number of carbonyl (C=O) groups excluding carboxylic acids is 2. The second kappa shape index (κ2) is 7.65. The fraction of sp³-hybridized carbons (Fsp3) is 0.727. The van der Waals surface area contributed by atoms with Crippen LogP contribution in [0, 0.1) is 0 Å². The number of rotatable bonds is 5. The van der Waals surface area contributed by atoms with Crippen molar-refractivity contribution in [3.8, 4) is 0 Å². The molecule has 1 fully saturated rings. The quantitative estimate of drug-likeness (QED) is 0.521. The molecule has 9 nitrogen and oxygen atoms in total. The summed E-state index contributed by atoms with van der Waals surface area (Å²) < 4.78 is 9.83. The average Bonchev–Trinajstić information content (AvgIpc) is 2.44. The Morgan fingerprint density at radius 2 is 2.20 bits per heavy atom. The Morgan fingerprint density at radius 1 is 1.50 bits per heavy atom. The van der Waals surface area contributed by atoms with Gasteiger partial charge in [-0.25, -0.2) is 9.59 Å². The molecule has 3 N–H and O–H groups in total. The van der Waals surface area contributed by atoms with Gasteiger partial charge in [-0.1, -0.05) is 0 Å². The van der Waals surface area contributed by atoms with E-state index in [0.717, 1.165) is 0 Å². The zero-order valence-corrected chi connectivity index (χ0v) is 11.1. The number of carboxylic acid groups (broad SMARTS) is 1. The SMILES string of the molecule is COC(=O)CC1CN(C(=O)NC(CO)C(=O)O)CCO1. The smallest absolute Gasteiger partial charge is 0.328 e. The van der Waals surface area contributed by atoms with Crippen LogP contribution < -0.4 is 5.32 Å². The predicted molar refractivity (Wildman–Crippen MR) is 65.0 cm³/mol.